The van der Waals surface area contributed by atoms with Gasteiger partial charge in [-0.1, -0.05) is 158 Å². The van der Waals surface area contributed by atoms with Crippen LogP contribution in [0.4, 0.5) is 0 Å². The summed E-state index contributed by atoms with van der Waals surface area (Å²) in [5, 5.41) is 1.11. The minimum atomic E-state index is -0.396. The third-order valence-corrected chi connectivity index (χ3v) is 8.28. The van der Waals surface area contributed by atoms with Crippen molar-refractivity contribution in [2.24, 2.45) is 0 Å². The molecule has 4 aromatic rings. The van der Waals surface area contributed by atoms with Crippen LogP contribution in [0.3, 0.4) is 0 Å². The molecule has 4 aromatic carbocycles. The summed E-state index contributed by atoms with van der Waals surface area (Å²) in [6.07, 6.45) is 12.2. The predicted molar refractivity (Wildman–Crippen MR) is 189 cm³/mol. The van der Waals surface area contributed by atoms with Gasteiger partial charge >= 0.3 is 5.97 Å². The van der Waals surface area contributed by atoms with Crippen molar-refractivity contribution in [1.82, 2.24) is 0 Å². The van der Waals surface area contributed by atoms with E-state index in [0.29, 0.717) is 49.2 Å². The third-order valence-electron chi connectivity index (χ3n) is 7.72. The molecule has 6 heteroatoms. The van der Waals surface area contributed by atoms with Crippen LogP contribution in [0.2, 0.25) is 0 Å². The lowest BCUT2D eigenvalue weighted by Gasteiger charge is -2.19. The second-order valence-electron chi connectivity index (χ2n) is 11.5. The lowest BCUT2D eigenvalue weighted by Crippen LogP contribution is -2.10. The van der Waals surface area contributed by atoms with E-state index in [4.69, 9.17) is 18.9 Å². The summed E-state index contributed by atoms with van der Waals surface area (Å²) in [6.45, 7) is 1.34. The van der Waals surface area contributed by atoms with Crippen molar-refractivity contribution in [3.8, 4) is 17.2 Å². The molecule has 0 spiro atoms. The second kappa shape index (κ2) is 21.1. The Morgan fingerprint density at radius 1 is 0.500 bits per heavy atom. The molecule has 0 saturated heterocycles. The topological polar surface area (TPSA) is 54.0 Å². The number of carbonyl (C=O) groups is 1. The first-order valence-electron chi connectivity index (χ1n) is 16.6. The number of alkyl halides is 1. The molecule has 5 nitrogen and oxygen atoms in total. The SMILES string of the molecule is O=C(OCCCCCCCCCCCCBr)c1cc(OCc2ccccc2)c(OCc2ccccc2)c(OCc2ccccc2)c1. The number of unbranched alkanes of at least 4 members (excludes halogenated alkanes) is 9. The van der Waals surface area contributed by atoms with Crippen molar-refractivity contribution in [3.63, 3.8) is 0 Å². The van der Waals surface area contributed by atoms with E-state index in [9.17, 15) is 4.79 Å². The monoisotopic (exact) mass is 686 g/mol. The summed E-state index contributed by atoms with van der Waals surface area (Å²) in [5.74, 6) is 0.927. The number of esters is 1. The zero-order valence-electron chi connectivity index (χ0n) is 26.8. The summed E-state index contributed by atoms with van der Waals surface area (Å²) in [4.78, 5) is 13.3. The van der Waals surface area contributed by atoms with E-state index < -0.39 is 5.97 Å². The highest BCUT2D eigenvalue weighted by molar-refractivity contribution is 9.09. The maximum absolute atomic E-state index is 13.3. The molecule has 0 bridgehead atoms. The van der Waals surface area contributed by atoms with Crippen molar-refractivity contribution in [1.29, 1.82) is 0 Å². The van der Waals surface area contributed by atoms with Crippen molar-refractivity contribution in [3.05, 3.63) is 125 Å². The van der Waals surface area contributed by atoms with E-state index in [1.807, 2.05) is 91.0 Å². The van der Waals surface area contributed by atoms with Crippen LogP contribution in [0, 0.1) is 0 Å². The Morgan fingerprint density at radius 3 is 1.33 bits per heavy atom. The van der Waals surface area contributed by atoms with E-state index in [1.54, 1.807) is 12.1 Å². The second-order valence-corrected chi connectivity index (χ2v) is 12.3. The van der Waals surface area contributed by atoms with Crippen LogP contribution in [-0.4, -0.2) is 17.9 Å². The van der Waals surface area contributed by atoms with Crippen LogP contribution in [0.25, 0.3) is 0 Å². The van der Waals surface area contributed by atoms with Gasteiger partial charge < -0.3 is 18.9 Å². The molecule has 0 aliphatic rings. The normalized spacial score (nSPS) is 10.8. The lowest BCUT2D eigenvalue weighted by atomic mass is 10.1. The average Bonchev–Trinajstić information content (AvgIpc) is 3.10. The van der Waals surface area contributed by atoms with Gasteiger partial charge in [-0.05, 0) is 41.7 Å². The van der Waals surface area contributed by atoms with E-state index in [0.717, 1.165) is 34.9 Å². The Hall–Kier alpha value is -3.77. The van der Waals surface area contributed by atoms with Crippen LogP contribution in [0.15, 0.2) is 103 Å². The molecule has 0 heterocycles. The summed E-state index contributed by atoms with van der Waals surface area (Å²) in [5.41, 5.74) is 3.40. The first kappa shape index (κ1) is 35.1. The van der Waals surface area contributed by atoms with Crippen LogP contribution < -0.4 is 14.2 Å². The molecule has 0 amide bonds. The van der Waals surface area contributed by atoms with E-state index in [1.165, 1.54) is 51.4 Å². The van der Waals surface area contributed by atoms with Gasteiger partial charge in [0.1, 0.15) is 19.8 Å². The highest BCUT2D eigenvalue weighted by atomic mass is 79.9. The molecule has 0 saturated carbocycles. The van der Waals surface area contributed by atoms with Gasteiger partial charge in [-0.15, -0.1) is 0 Å². The van der Waals surface area contributed by atoms with Crippen LogP contribution >= 0.6 is 15.9 Å². The Bertz CT molecular complexity index is 1330. The molecule has 0 N–H and O–H groups in total. The van der Waals surface area contributed by atoms with E-state index in [2.05, 4.69) is 15.9 Å². The minimum absolute atomic E-state index is 0.315. The maximum atomic E-state index is 13.3. The van der Waals surface area contributed by atoms with Crippen LogP contribution in [-0.2, 0) is 24.6 Å². The van der Waals surface area contributed by atoms with Gasteiger partial charge in [0.2, 0.25) is 5.75 Å². The van der Waals surface area contributed by atoms with Gasteiger partial charge in [0.25, 0.3) is 0 Å². The van der Waals surface area contributed by atoms with E-state index in [-0.39, 0.29) is 0 Å². The molecule has 0 aromatic heterocycles. The van der Waals surface area contributed by atoms with Crippen LogP contribution in [0.1, 0.15) is 91.3 Å². The standard InChI is InChI=1S/C40H47BrO5/c41-26-18-7-5-3-1-2-4-6-8-19-27-43-40(42)36-28-37(44-30-33-20-12-9-13-21-33)39(46-32-35-24-16-11-17-25-35)38(29-36)45-31-34-22-14-10-15-23-34/h9-17,20-25,28-29H,1-8,18-19,26-27,30-32H2. The number of benzene rings is 4. The molecule has 0 aliphatic heterocycles. The summed E-state index contributed by atoms with van der Waals surface area (Å²) < 4.78 is 24.7. The first-order chi connectivity index (χ1) is 22.7. The minimum Gasteiger partial charge on any atom is -0.485 e. The number of rotatable bonds is 22. The predicted octanol–water partition coefficient (Wildman–Crippen LogP) is 10.9. The number of hydrogen-bond acceptors (Lipinski definition) is 5. The van der Waals surface area contributed by atoms with Gasteiger partial charge in [0.05, 0.1) is 12.2 Å². The smallest absolute Gasteiger partial charge is 0.338 e. The van der Waals surface area contributed by atoms with E-state index >= 15 is 0 Å². The summed E-state index contributed by atoms with van der Waals surface area (Å²) >= 11 is 3.50. The highest BCUT2D eigenvalue weighted by Gasteiger charge is 2.20. The lowest BCUT2D eigenvalue weighted by molar-refractivity contribution is 0.0496. The Labute approximate surface area is 283 Å². The zero-order chi connectivity index (χ0) is 32.1. The fourth-order valence-electron chi connectivity index (χ4n) is 5.11. The average molecular weight is 688 g/mol. The van der Waals surface area contributed by atoms with Gasteiger partial charge in [-0.25, -0.2) is 4.79 Å². The van der Waals surface area contributed by atoms with Gasteiger partial charge in [-0.2, -0.15) is 0 Å². The molecule has 244 valence electrons. The van der Waals surface area contributed by atoms with Crippen molar-refractivity contribution >= 4 is 21.9 Å². The van der Waals surface area contributed by atoms with Gasteiger partial charge in [0.15, 0.2) is 11.5 Å². The third kappa shape index (κ3) is 12.9. The van der Waals surface area contributed by atoms with Gasteiger partial charge in [0, 0.05) is 5.33 Å². The molecule has 46 heavy (non-hydrogen) atoms. The summed E-state index contributed by atoms with van der Waals surface area (Å²) in [6, 6.07) is 33.2. The molecule has 0 fully saturated rings. The largest absolute Gasteiger partial charge is 0.485 e. The van der Waals surface area contributed by atoms with Crippen LogP contribution in [0.5, 0.6) is 17.2 Å². The molecule has 0 aliphatic carbocycles. The Morgan fingerprint density at radius 2 is 0.891 bits per heavy atom. The van der Waals surface area contributed by atoms with Crippen molar-refractivity contribution < 1.29 is 23.7 Å². The molecule has 0 unspecified atom stereocenters. The zero-order valence-corrected chi connectivity index (χ0v) is 28.4. The molecular formula is C40H47BrO5. The number of hydrogen-bond donors (Lipinski definition) is 0. The Balaban J connectivity index is 1.41. The maximum Gasteiger partial charge on any atom is 0.338 e. The fraction of sp³-hybridized carbons (Fsp3) is 0.375. The van der Waals surface area contributed by atoms with Crippen molar-refractivity contribution in [2.45, 2.75) is 84.0 Å². The number of ether oxygens (including phenoxy) is 4. The fourth-order valence-corrected chi connectivity index (χ4v) is 5.51. The summed E-state index contributed by atoms with van der Waals surface area (Å²) in [7, 11) is 0. The molecule has 0 atom stereocenters. The Kier molecular flexibility index (Phi) is 16.1. The van der Waals surface area contributed by atoms with Gasteiger partial charge in [-0.3, -0.25) is 0 Å². The molecule has 4 rings (SSSR count). The highest BCUT2D eigenvalue weighted by Crippen LogP contribution is 2.40. The quantitative estimate of drug-likeness (QED) is 0.0468. The molecular weight excluding hydrogens is 640 g/mol. The molecule has 0 radical (unpaired) electrons. The van der Waals surface area contributed by atoms with Crippen molar-refractivity contribution in [2.75, 3.05) is 11.9 Å². The first-order valence-corrected chi connectivity index (χ1v) is 17.8. The number of halogens is 1. The number of carbonyl (C=O) groups excluding carboxylic acids is 1.